The van der Waals surface area contributed by atoms with Gasteiger partial charge in [-0.25, -0.2) is 0 Å². The number of primary amides is 1. The molecule has 1 atom stereocenters. The Kier molecular flexibility index (Phi) is 3.19. The molecule has 0 aliphatic carbocycles. The Hall–Kier alpha value is -0.570. The average Bonchev–Trinajstić information content (AvgIpc) is 1.67. The summed E-state index contributed by atoms with van der Waals surface area (Å²) in [6, 6.07) is 0. The molecule has 0 saturated heterocycles. The van der Waals surface area contributed by atoms with Gasteiger partial charge in [0.1, 0.15) is 6.10 Å². The zero-order valence-electron chi connectivity index (χ0n) is 5.18. The number of nitrogens with two attached hydrogens (primary N) is 1. The van der Waals surface area contributed by atoms with Gasteiger partial charge in [0, 0.05) is 6.61 Å². The molecule has 48 valence electrons. The topological polar surface area (TPSA) is 52.3 Å². The smallest absolute Gasteiger partial charge is 0.246 e. The first-order valence-electron chi connectivity index (χ1n) is 2.59. The van der Waals surface area contributed by atoms with E-state index in [1.54, 1.807) is 6.92 Å². The van der Waals surface area contributed by atoms with Gasteiger partial charge in [-0.1, -0.05) is 0 Å². The lowest BCUT2D eigenvalue weighted by molar-refractivity contribution is -0.128. The Bertz CT molecular complexity index is 82.5. The Labute approximate surface area is 48.8 Å². The molecular formula is C5H11NO2. The molecule has 0 spiro atoms. The van der Waals surface area contributed by atoms with Crippen LogP contribution in [0.15, 0.2) is 0 Å². The molecule has 3 nitrogen and oxygen atoms in total. The predicted molar refractivity (Wildman–Crippen MR) is 30.3 cm³/mol. The van der Waals surface area contributed by atoms with Gasteiger partial charge in [-0.05, 0) is 13.8 Å². The van der Waals surface area contributed by atoms with Crippen molar-refractivity contribution in [2.75, 3.05) is 6.61 Å². The third-order valence-corrected chi connectivity index (χ3v) is 0.817. The Balaban J connectivity index is 3.32. The van der Waals surface area contributed by atoms with Crippen LogP contribution in [0.2, 0.25) is 0 Å². The van der Waals surface area contributed by atoms with E-state index >= 15 is 0 Å². The van der Waals surface area contributed by atoms with E-state index in [0.717, 1.165) is 0 Å². The monoisotopic (exact) mass is 117 g/mol. The van der Waals surface area contributed by atoms with Crippen LogP contribution in [0.3, 0.4) is 0 Å². The SMILES string of the molecule is CCO[C@H](C)C(N)=O. The van der Waals surface area contributed by atoms with Gasteiger partial charge < -0.3 is 10.5 Å². The Morgan fingerprint density at radius 3 is 2.50 bits per heavy atom. The molecule has 0 rings (SSSR count). The molecule has 0 aliphatic rings. The molecule has 8 heavy (non-hydrogen) atoms. The second-order valence-electron chi connectivity index (χ2n) is 1.50. The lowest BCUT2D eigenvalue weighted by atomic mass is 10.4. The van der Waals surface area contributed by atoms with Gasteiger partial charge in [0.25, 0.3) is 0 Å². The maximum Gasteiger partial charge on any atom is 0.246 e. The summed E-state index contributed by atoms with van der Waals surface area (Å²) in [5, 5.41) is 0. The molecule has 0 bridgehead atoms. The molecule has 3 heteroatoms. The van der Waals surface area contributed by atoms with Gasteiger partial charge in [0.2, 0.25) is 5.91 Å². The van der Waals surface area contributed by atoms with Crippen LogP contribution in [0.5, 0.6) is 0 Å². The van der Waals surface area contributed by atoms with Crippen LogP contribution in [0.25, 0.3) is 0 Å². The fourth-order valence-corrected chi connectivity index (χ4v) is 0.332. The van der Waals surface area contributed by atoms with Gasteiger partial charge >= 0.3 is 0 Å². The molecule has 0 aromatic carbocycles. The van der Waals surface area contributed by atoms with E-state index < -0.39 is 12.0 Å². The highest BCUT2D eigenvalue weighted by atomic mass is 16.5. The Morgan fingerprint density at radius 2 is 2.38 bits per heavy atom. The quantitative estimate of drug-likeness (QED) is 0.561. The minimum atomic E-state index is -0.444. The minimum absolute atomic E-state index is 0.410. The van der Waals surface area contributed by atoms with E-state index in [4.69, 9.17) is 10.5 Å². The second kappa shape index (κ2) is 3.43. The van der Waals surface area contributed by atoms with Crippen LogP contribution < -0.4 is 5.73 Å². The first kappa shape index (κ1) is 7.43. The number of carbonyl (C=O) groups is 1. The first-order chi connectivity index (χ1) is 3.68. The molecule has 0 aliphatic heterocycles. The summed E-state index contributed by atoms with van der Waals surface area (Å²) in [6.07, 6.45) is -0.444. The number of hydrogen-bond donors (Lipinski definition) is 1. The highest BCUT2D eigenvalue weighted by Gasteiger charge is 2.05. The molecule has 2 N–H and O–H groups in total. The van der Waals surface area contributed by atoms with E-state index in [0.29, 0.717) is 6.61 Å². The van der Waals surface area contributed by atoms with Crippen LogP contribution in [-0.2, 0) is 9.53 Å². The molecule has 0 aromatic heterocycles. The largest absolute Gasteiger partial charge is 0.369 e. The predicted octanol–water partition coefficient (Wildman–Crippen LogP) is -0.103. The van der Waals surface area contributed by atoms with Crippen molar-refractivity contribution >= 4 is 5.91 Å². The highest BCUT2D eigenvalue weighted by Crippen LogP contribution is 1.85. The van der Waals surface area contributed by atoms with Crippen LogP contribution >= 0.6 is 0 Å². The molecule has 0 unspecified atom stereocenters. The van der Waals surface area contributed by atoms with Crippen LogP contribution in [-0.4, -0.2) is 18.6 Å². The zero-order chi connectivity index (χ0) is 6.57. The number of carbonyl (C=O) groups excluding carboxylic acids is 1. The van der Waals surface area contributed by atoms with Crippen molar-refractivity contribution in [2.45, 2.75) is 20.0 Å². The second-order valence-corrected chi connectivity index (χ2v) is 1.50. The van der Waals surface area contributed by atoms with Gasteiger partial charge in [-0.15, -0.1) is 0 Å². The van der Waals surface area contributed by atoms with Crippen molar-refractivity contribution in [1.82, 2.24) is 0 Å². The number of rotatable bonds is 3. The Morgan fingerprint density at radius 1 is 1.88 bits per heavy atom. The van der Waals surface area contributed by atoms with Crippen molar-refractivity contribution < 1.29 is 9.53 Å². The third kappa shape index (κ3) is 2.58. The lowest BCUT2D eigenvalue weighted by Gasteiger charge is -2.04. The summed E-state index contributed by atoms with van der Waals surface area (Å²) in [6.45, 7) is 3.98. The van der Waals surface area contributed by atoms with Crippen molar-refractivity contribution in [2.24, 2.45) is 5.73 Å². The van der Waals surface area contributed by atoms with E-state index in [-0.39, 0.29) is 0 Å². The van der Waals surface area contributed by atoms with Gasteiger partial charge in [0.05, 0.1) is 0 Å². The van der Waals surface area contributed by atoms with Crippen molar-refractivity contribution in [3.05, 3.63) is 0 Å². The summed E-state index contributed by atoms with van der Waals surface area (Å²) in [5.74, 6) is -0.410. The zero-order valence-corrected chi connectivity index (χ0v) is 5.18. The summed E-state index contributed by atoms with van der Waals surface area (Å²) >= 11 is 0. The molecular weight excluding hydrogens is 106 g/mol. The lowest BCUT2D eigenvalue weighted by Crippen LogP contribution is -2.27. The average molecular weight is 117 g/mol. The maximum atomic E-state index is 10.2. The van der Waals surface area contributed by atoms with Crippen molar-refractivity contribution in [3.8, 4) is 0 Å². The van der Waals surface area contributed by atoms with Gasteiger partial charge in [0.15, 0.2) is 0 Å². The number of hydrogen-bond acceptors (Lipinski definition) is 2. The molecule has 0 fully saturated rings. The van der Waals surface area contributed by atoms with Crippen LogP contribution in [0, 0.1) is 0 Å². The molecule has 0 radical (unpaired) electrons. The normalized spacial score (nSPS) is 13.2. The molecule has 0 aromatic rings. The summed E-state index contributed by atoms with van der Waals surface area (Å²) in [7, 11) is 0. The van der Waals surface area contributed by atoms with E-state index in [2.05, 4.69) is 0 Å². The third-order valence-electron chi connectivity index (χ3n) is 0.817. The molecule has 0 saturated carbocycles. The van der Waals surface area contributed by atoms with Crippen molar-refractivity contribution in [3.63, 3.8) is 0 Å². The highest BCUT2D eigenvalue weighted by molar-refractivity contribution is 5.78. The fraction of sp³-hybridized carbons (Fsp3) is 0.800. The standard InChI is InChI=1S/C5H11NO2/c1-3-8-4(2)5(6)7/h4H,3H2,1-2H3,(H2,6,7)/t4-/m1/s1. The maximum absolute atomic E-state index is 10.2. The van der Waals surface area contributed by atoms with E-state index in [9.17, 15) is 4.79 Å². The van der Waals surface area contributed by atoms with Crippen molar-refractivity contribution in [1.29, 1.82) is 0 Å². The first-order valence-corrected chi connectivity index (χ1v) is 2.59. The summed E-state index contributed by atoms with van der Waals surface area (Å²) in [5.41, 5.74) is 4.86. The summed E-state index contributed by atoms with van der Waals surface area (Å²) in [4.78, 5) is 10.2. The molecule has 0 heterocycles. The van der Waals surface area contributed by atoms with E-state index in [1.165, 1.54) is 0 Å². The van der Waals surface area contributed by atoms with Crippen LogP contribution in [0.1, 0.15) is 13.8 Å². The number of ether oxygens (including phenoxy) is 1. The van der Waals surface area contributed by atoms with Crippen LogP contribution in [0.4, 0.5) is 0 Å². The molecule has 1 amide bonds. The van der Waals surface area contributed by atoms with Gasteiger partial charge in [-0.2, -0.15) is 0 Å². The fourth-order valence-electron chi connectivity index (χ4n) is 0.332. The van der Waals surface area contributed by atoms with E-state index in [1.807, 2.05) is 6.92 Å². The summed E-state index contributed by atoms with van der Waals surface area (Å²) < 4.78 is 4.83. The number of amides is 1. The minimum Gasteiger partial charge on any atom is -0.369 e. The van der Waals surface area contributed by atoms with Gasteiger partial charge in [-0.3, -0.25) is 4.79 Å².